The van der Waals surface area contributed by atoms with Crippen LogP contribution in [0.25, 0.3) is 0 Å². The maximum Gasteiger partial charge on any atom is 0.328 e. The molecule has 0 fully saturated rings. The lowest BCUT2D eigenvalue weighted by Gasteiger charge is -2.17. The predicted octanol–water partition coefficient (Wildman–Crippen LogP) is 3.48. The van der Waals surface area contributed by atoms with E-state index in [0.29, 0.717) is 11.6 Å². The first kappa shape index (κ1) is 13.8. The summed E-state index contributed by atoms with van der Waals surface area (Å²) in [5.74, 6) is -0.204. The van der Waals surface area contributed by atoms with Gasteiger partial charge >= 0.3 is 5.97 Å². The molecule has 0 aromatic heterocycles. The fraction of sp³-hybridized carbons (Fsp3) is 0.462. The van der Waals surface area contributed by atoms with Gasteiger partial charge in [0.25, 0.3) is 0 Å². The number of nitrogens with one attached hydrogen (secondary N) is 1. The van der Waals surface area contributed by atoms with Gasteiger partial charge < -0.3 is 10.1 Å². The molecular formula is C13H18ClNO2. The summed E-state index contributed by atoms with van der Waals surface area (Å²) in [6.45, 7) is 4.25. The van der Waals surface area contributed by atoms with Gasteiger partial charge in [0.15, 0.2) is 0 Å². The molecule has 0 aliphatic heterocycles. The Morgan fingerprint density at radius 1 is 1.35 bits per heavy atom. The van der Waals surface area contributed by atoms with Crippen LogP contribution in [-0.2, 0) is 9.53 Å². The maximum atomic E-state index is 11.7. The Kier molecular flexibility index (Phi) is 5.84. The highest BCUT2D eigenvalue weighted by Gasteiger charge is 2.18. The Balaban J connectivity index is 2.65. The Labute approximate surface area is 107 Å². The maximum absolute atomic E-state index is 11.7. The van der Waals surface area contributed by atoms with Gasteiger partial charge in [-0.2, -0.15) is 0 Å². The van der Waals surface area contributed by atoms with Crippen molar-refractivity contribution in [3.63, 3.8) is 0 Å². The summed E-state index contributed by atoms with van der Waals surface area (Å²) in [5.41, 5.74) is 0.876. The Hall–Kier alpha value is -1.22. The topological polar surface area (TPSA) is 38.3 Å². The molecule has 0 spiro atoms. The van der Waals surface area contributed by atoms with E-state index in [1.54, 1.807) is 12.1 Å². The highest BCUT2D eigenvalue weighted by molar-refractivity contribution is 6.30. The quantitative estimate of drug-likeness (QED) is 0.791. The third-order valence-electron chi connectivity index (χ3n) is 2.33. The lowest BCUT2D eigenvalue weighted by molar-refractivity contribution is -0.144. The van der Waals surface area contributed by atoms with Crippen molar-refractivity contribution in [2.24, 2.45) is 0 Å². The fourth-order valence-electron chi connectivity index (χ4n) is 1.53. The monoisotopic (exact) mass is 255 g/mol. The van der Waals surface area contributed by atoms with Gasteiger partial charge in [0.2, 0.25) is 0 Å². The molecule has 0 saturated heterocycles. The second kappa shape index (κ2) is 7.17. The smallest absolute Gasteiger partial charge is 0.328 e. The van der Waals surface area contributed by atoms with Crippen LogP contribution in [0.3, 0.4) is 0 Å². The molecule has 1 N–H and O–H groups in total. The zero-order valence-electron chi connectivity index (χ0n) is 10.2. The van der Waals surface area contributed by atoms with E-state index in [1.807, 2.05) is 26.0 Å². The Bertz CT molecular complexity index is 351. The lowest BCUT2D eigenvalue weighted by atomic mass is 10.1. The number of esters is 1. The van der Waals surface area contributed by atoms with E-state index in [-0.39, 0.29) is 12.0 Å². The molecule has 1 rings (SSSR count). The van der Waals surface area contributed by atoms with Gasteiger partial charge in [-0.3, -0.25) is 0 Å². The summed E-state index contributed by atoms with van der Waals surface area (Å²) in [5, 5.41) is 3.84. The highest BCUT2D eigenvalue weighted by Crippen LogP contribution is 2.16. The number of halogens is 1. The van der Waals surface area contributed by atoms with Gasteiger partial charge in [-0.25, -0.2) is 4.79 Å². The van der Waals surface area contributed by atoms with E-state index in [2.05, 4.69) is 5.32 Å². The van der Waals surface area contributed by atoms with Crippen molar-refractivity contribution in [3.8, 4) is 0 Å². The molecule has 1 aromatic rings. The van der Waals surface area contributed by atoms with E-state index < -0.39 is 0 Å². The van der Waals surface area contributed by atoms with E-state index in [1.165, 1.54) is 0 Å². The van der Waals surface area contributed by atoms with Crippen molar-refractivity contribution in [1.29, 1.82) is 0 Å². The molecule has 1 aromatic carbocycles. The molecule has 0 radical (unpaired) electrons. The molecule has 0 saturated carbocycles. The molecule has 0 aliphatic rings. The molecule has 0 bridgehead atoms. The molecule has 0 heterocycles. The SMILES string of the molecule is CCCC(Nc1ccc(Cl)cc1)C(=O)OCC. The van der Waals surface area contributed by atoms with Crippen LogP contribution in [-0.4, -0.2) is 18.6 Å². The Morgan fingerprint density at radius 2 is 2.00 bits per heavy atom. The van der Waals surface area contributed by atoms with Crippen molar-refractivity contribution in [3.05, 3.63) is 29.3 Å². The molecule has 0 aliphatic carbocycles. The van der Waals surface area contributed by atoms with Crippen LogP contribution in [0.15, 0.2) is 24.3 Å². The summed E-state index contributed by atoms with van der Waals surface area (Å²) in [6.07, 6.45) is 1.67. The van der Waals surface area contributed by atoms with Crippen molar-refractivity contribution >= 4 is 23.3 Å². The molecular weight excluding hydrogens is 238 g/mol. The zero-order valence-corrected chi connectivity index (χ0v) is 11.0. The number of benzene rings is 1. The summed E-state index contributed by atoms with van der Waals surface area (Å²) in [4.78, 5) is 11.7. The van der Waals surface area contributed by atoms with Crippen LogP contribution in [0.2, 0.25) is 5.02 Å². The summed E-state index contributed by atoms with van der Waals surface area (Å²) in [6, 6.07) is 6.99. The molecule has 17 heavy (non-hydrogen) atoms. The van der Waals surface area contributed by atoms with E-state index in [4.69, 9.17) is 16.3 Å². The molecule has 3 nitrogen and oxygen atoms in total. The van der Waals surface area contributed by atoms with Crippen molar-refractivity contribution < 1.29 is 9.53 Å². The minimum Gasteiger partial charge on any atom is -0.464 e. The van der Waals surface area contributed by atoms with Crippen molar-refractivity contribution in [2.45, 2.75) is 32.7 Å². The summed E-state index contributed by atoms with van der Waals surface area (Å²) < 4.78 is 5.03. The molecule has 0 amide bonds. The van der Waals surface area contributed by atoms with Gasteiger partial charge in [0, 0.05) is 10.7 Å². The first-order chi connectivity index (χ1) is 8.17. The zero-order chi connectivity index (χ0) is 12.7. The summed E-state index contributed by atoms with van der Waals surface area (Å²) in [7, 11) is 0. The van der Waals surface area contributed by atoms with Gasteiger partial charge in [0.1, 0.15) is 6.04 Å². The van der Waals surface area contributed by atoms with Gasteiger partial charge in [-0.1, -0.05) is 24.9 Å². The second-order valence-corrected chi connectivity index (χ2v) is 4.18. The third kappa shape index (κ3) is 4.65. The number of anilines is 1. The van der Waals surface area contributed by atoms with Crippen LogP contribution in [0.5, 0.6) is 0 Å². The number of hydrogen-bond donors (Lipinski definition) is 1. The average molecular weight is 256 g/mol. The van der Waals surface area contributed by atoms with Crippen molar-refractivity contribution in [2.75, 3.05) is 11.9 Å². The van der Waals surface area contributed by atoms with E-state index >= 15 is 0 Å². The van der Waals surface area contributed by atoms with Crippen LogP contribution in [0.4, 0.5) is 5.69 Å². The predicted molar refractivity (Wildman–Crippen MR) is 70.4 cm³/mol. The number of carbonyl (C=O) groups is 1. The van der Waals surface area contributed by atoms with Crippen LogP contribution in [0.1, 0.15) is 26.7 Å². The first-order valence-corrected chi connectivity index (χ1v) is 6.24. The number of ether oxygens (including phenoxy) is 1. The van der Waals surface area contributed by atoms with Crippen LogP contribution < -0.4 is 5.32 Å². The normalized spacial score (nSPS) is 11.9. The van der Waals surface area contributed by atoms with Gasteiger partial charge in [0.05, 0.1) is 6.61 Å². The minimum atomic E-state index is -0.291. The second-order valence-electron chi connectivity index (χ2n) is 3.74. The lowest BCUT2D eigenvalue weighted by Crippen LogP contribution is -2.31. The largest absolute Gasteiger partial charge is 0.464 e. The number of carbonyl (C=O) groups excluding carboxylic acids is 1. The van der Waals surface area contributed by atoms with Gasteiger partial charge in [-0.05, 0) is 37.6 Å². The molecule has 4 heteroatoms. The first-order valence-electron chi connectivity index (χ1n) is 5.86. The molecule has 1 unspecified atom stereocenters. The average Bonchev–Trinajstić information content (AvgIpc) is 2.31. The molecule has 94 valence electrons. The van der Waals surface area contributed by atoms with Crippen molar-refractivity contribution in [1.82, 2.24) is 0 Å². The number of rotatable bonds is 6. The van der Waals surface area contributed by atoms with Crippen LogP contribution in [0, 0.1) is 0 Å². The van der Waals surface area contributed by atoms with E-state index in [0.717, 1.165) is 18.5 Å². The van der Waals surface area contributed by atoms with Gasteiger partial charge in [-0.15, -0.1) is 0 Å². The Morgan fingerprint density at radius 3 is 2.53 bits per heavy atom. The standard InChI is InChI=1S/C13H18ClNO2/c1-3-5-12(13(16)17-4-2)15-11-8-6-10(14)7-9-11/h6-9,12,15H,3-5H2,1-2H3. The minimum absolute atomic E-state index is 0.204. The highest BCUT2D eigenvalue weighted by atomic mass is 35.5. The van der Waals surface area contributed by atoms with E-state index in [9.17, 15) is 4.79 Å². The number of hydrogen-bond acceptors (Lipinski definition) is 3. The fourth-order valence-corrected chi connectivity index (χ4v) is 1.65. The third-order valence-corrected chi connectivity index (χ3v) is 2.59. The summed E-state index contributed by atoms with van der Waals surface area (Å²) >= 11 is 5.80. The van der Waals surface area contributed by atoms with Crippen LogP contribution >= 0.6 is 11.6 Å². The molecule has 1 atom stereocenters.